The molecule has 3 aromatic carbocycles. The van der Waals surface area contributed by atoms with E-state index in [1.165, 1.54) is 53.7 Å². The molecule has 0 amide bonds. The van der Waals surface area contributed by atoms with Gasteiger partial charge in [-0.05, 0) is 61.5 Å². The van der Waals surface area contributed by atoms with E-state index in [2.05, 4.69) is 6.58 Å². The van der Waals surface area contributed by atoms with Crippen molar-refractivity contribution in [2.75, 3.05) is 10.8 Å². The molecule has 0 saturated heterocycles. The third-order valence-corrected chi connectivity index (χ3v) is 6.26. The van der Waals surface area contributed by atoms with E-state index < -0.39 is 16.0 Å². The molecule has 0 N–H and O–H groups in total. The predicted octanol–water partition coefficient (Wildman–Crippen LogP) is 4.49. The lowest BCUT2D eigenvalue weighted by Crippen LogP contribution is -2.31. The van der Waals surface area contributed by atoms with E-state index in [-0.39, 0.29) is 28.5 Å². The zero-order valence-corrected chi connectivity index (χ0v) is 17.7. The molecule has 0 aliphatic rings. The van der Waals surface area contributed by atoms with E-state index in [0.717, 1.165) is 0 Å². The first-order valence-electron chi connectivity index (χ1n) is 9.45. The van der Waals surface area contributed by atoms with Gasteiger partial charge in [0.15, 0.2) is 5.78 Å². The van der Waals surface area contributed by atoms with E-state index in [0.29, 0.717) is 11.3 Å². The molecule has 0 unspecified atom stereocenters. The Bertz CT molecular complexity index is 1200. The number of Topliss-reactive ketones (excluding diaryl/α,β-unsaturated/α-hetero) is 1. The van der Waals surface area contributed by atoms with Gasteiger partial charge >= 0.3 is 5.97 Å². The first-order valence-corrected chi connectivity index (χ1v) is 10.9. The predicted molar refractivity (Wildman–Crippen MR) is 119 cm³/mol. The van der Waals surface area contributed by atoms with Crippen LogP contribution < -0.4 is 9.04 Å². The minimum absolute atomic E-state index is 0.0421. The summed E-state index contributed by atoms with van der Waals surface area (Å²) >= 11 is 0. The number of ketones is 1. The zero-order chi connectivity index (χ0) is 22.4. The monoisotopic (exact) mass is 435 g/mol. The molecule has 0 radical (unpaired) electrons. The van der Waals surface area contributed by atoms with Crippen molar-refractivity contribution >= 4 is 27.5 Å². The number of carbonyl (C=O) groups is 2. The molecule has 158 valence electrons. The zero-order valence-electron chi connectivity index (χ0n) is 16.9. The van der Waals surface area contributed by atoms with Crippen molar-refractivity contribution in [3.05, 3.63) is 103 Å². The van der Waals surface area contributed by atoms with E-state index >= 15 is 0 Å². The Morgan fingerprint density at radius 2 is 1.61 bits per heavy atom. The van der Waals surface area contributed by atoms with Gasteiger partial charge in [0.05, 0.1) is 22.7 Å². The Morgan fingerprint density at radius 1 is 0.935 bits per heavy atom. The number of sulfonamides is 1. The van der Waals surface area contributed by atoms with Crippen LogP contribution in [-0.4, -0.2) is 26.7 Å². The van der Waals surface area contributed by atoms with Gasteiger partial charge in [-0.3, -0.25) is 9.10 Å². The summed E-state index contributed by atoms with van der Waals surface area (Å²) in [6, 6.07) is 20.4. The molecule has 0 heterocycles. The summed E-state index contributed by atoms with van der Waals surface area (Å²) in [5.41, 5.74) is 1.07. The van der Waals surface area contributed by atoms with Crippen molar-refractivity contribution in [2.24, 2.45) is 0 Å². The number of anilines is 1. The van der Waals surface area contributed by atoms with Gasteiger partial charge in [-0.25, -0.2) is 13.2 Å². The number of rotatable bonds is 8. The molecule has 0 aromatic heterocycles. The topological polar surface area (TPSA) is 80.8 Å². The summed E-state index contributed by atoms with van der Waals surface area (Å²) in [4.78, 5) is 23.9. The first kappa shape index (κ1) is 22.0. The summed E-state index contributed by atoms with van der Waals surface area (Å²) in [7, 11) is -3.94. The van der Waals surface area contributed by atoms with Crippen LogP contribution in [-0.2, 0) is 10.0 Å². The van der Waals surface area contributed by atoms with Crippen LogP contribution in [0.15, 0.2) is 96.4 Å². The van der Waals surface area contributed by atoms with Crippen LogP contribution in [0.5, 0.6) is 5.75 Å². The molecule has 7 heteroatoms. The maximum absolute atomic E-state index is 13.3. The molecule has 0 spiro atoms. The summed E-state index contributed by atoms with van der Waals surface area (Å²) in [6.07, 6.45) is 1.49. The van der Waals surface area contributed by atoms with Crippen molar-refractivity contribution in [2.45, 2.75) is 11.8 Å². The van der Waals surface area contributed by atoms with Crippen LogP contribution in [0.1, 0.15) is 27.6 Å². The third-order valence-electron chi connectivity index (χ3n) is 4.47. The van der Waals surface area contributed by atoms with Gasteiger partial charge in [0.2, 0.25) is 0 Å². The molecule has 0 bridgehead atoms. The van der Waals surface area contributed by atoms with E-state index in [1.54, 1.807) is 42.5 Å². The highest BCUT2D eigenvalue weighted by Crippen LogP contribution is 2.24. The second-order valence-electron chi connectivity index (χ2n) is 6.66. The number of para-hydroxylation sites is 1. The van der Waals surface area contributed by atoms with E-state index in [9.17, 15) is 18.0 Å². The standard InChI is InChI=1S/C24H21NO5S/c1-3-16-25(21-9-5-4-6-10-21)31(28,29)23-11-7-8-20(17-23)24(27)30-22-14-12-19(13-15-22)18(2)26/h3-15,17H,1,16H2,2H3. The Kier molecular flexibility index (Phi) is 6.67. The maximum Gasteiger partial charge on any atom is 0.343 e. The number of nitrogens with zero attached hydrogens (tertiary/aromatic N) is 1. The summed E-state index contributed by atoms with van der Waals surface area (Å²) in [6.45, 7) is 5.16. The first-order chi connectivity index (χ1) is 14.8. The lowest BCUT2D eigenvalue weighted by molar-refractivity contribution is 0.0734. The average molecular weight is 436 g/mol. The molecule has 0 aliphatic carbocycles. The Balaban J connectivity index is 1.88. The largest absolute Gasteiger partial charge is 0.423 e. The molecule has 3 aromatic rings. The second kappa shape index (κ2) is 9.40. The van der Waals surface area contributed by atoms with Gasteiger partial charge in [-0.2, -0.15) is 0 Å². The fourth-order valence-electron chi connectivity index (χ4n) is 2.89. The van der Waals surface area contributed by atoms with E-state index in [4.69, 9.17) is 4.74 Å². The molecule has 3 rings (SSSR count). The molecule has 6 nitrogen and oxygen atoms in total. The van der Waals surface area contributed by atoms with Gasteiger partial charge in [-0.1, -0.05) is 30.3 Å². The number of benzene rings is 3. The maximum atomic E-state index is 13.3. The molecule has 0 atom stereocenters. The van der Waals surface area contributed by atoms with Crippen LogP contribution in [0.2, 0.25) is 0 Å². The highest BCUT2D eigenvalue weighted by molar-refractivity contribution is 7.92. The fourth-order valence-corrected chi connectivity index (χ4v) is 4.37. The van der Waals surface area contributed by atoms with Crippen molar-refractivity contribution in [1.82, 2.24) is 0 Å². The van der Waals surface area contributed by atoms with Crippen molar-refractivity contribution < 1.29 is 22.7 Å². The van der Waals surface area contributed by atoms with Crippen LogP contribution in [0, 0.1) is 0 Å². The van der Waals surface area contributed by atoms with Gasteiger partial charge in [0.1, 0.15) is 5.75 Å². The second-order valence-corrected chi connectivity index (χ2v) is 8.52. The SMILES string of the molecule is C=CCN(c1ccccc1)S(=O)(=O)c1cccc(C(=O)Oc2ccc(C(C)=O)cc2)c1. The summed E-state index contributed by atoms with van der Waals surface area (Å²) < 4.78 is 33.0. The minimum atomic E-state index is -3.94. The van der Waals surface area contributed by atoms with Gasteiger partial charge in [0.25, 0.3) is 10.0 Å². The minimum Gasteiger partial charge on any atom is -0.423 e. The molecule has 0 saturated carbocycles. The van der Waals surface area contributed by atoms with Crippen LogP contribution in [0.3, 0.4) is 0 Å². The Labute approximate surface area is 181 Å². The lowest BCUT2D eigenvalue weighted by atomic mass is 10.1. The van der Waals surface area contributed by atoms with Crippen molar-refractivity contribution in [3.8, 4) is 5.75 Å². The van der Waals surface area contributed by atoms with Crippen LogP contribution in [0.4, 0.5) is 5.69 Å². The highest BCUT2D eigenvalue weighted by Gasteiger charge is 2.25. The van der Waals surface area contributed by atoms with Crippen LogP contribution >= 0.6 is 0 Å². The highest BCUT2D eigenvalue weighted by atomic mass is 32.2. The van der Waals surface area contributed by atoms with E-state index in [1.807, 2.05) is 0 Å². The summed E-state index contributed by atoms with van der Waals surface area (Å²) in [5.74, 6) is -0.554. The number of carbonyl (C=O) groups excluding carboxylic acids is 2. The number of ether oxygens (including phenoxy) is 1. The molecular weight excluding hydrogens is 414 g/mol. The molecule has 0 fully saturated rings. The van der Waals surface area contributed by atoms with Gasteiger partial charge in [-0.15, -0.1) is 6.58 Å². The quantitative estimate of drug-likeness (QED) is 0.225. The fraction of sp³-hybridized carbons (Fsp3) is 0.0833. The normalized spacial score (nSPS) is 10.9. The number of hydrogen-bond donors (Lipinski definition) is 0. The van der Waals surface area contributed by atoms with Gasteiger partial charge in [0, 0.05) is 5.56 Å². The number of esters is 1. The molecule has 0 aliphatic heterocycles. The van der Waals surface area contributed by atoms with Gasteiger partial charge < -0.3 is 4.74 Å². The Hall–Kier alpha value is -3.71. The average Bonchev–Trinajstić information content (AvgIpc) is 2.78. The lowest BCUT2D eigenvalue weighted by Gasteiger charge is -2.23. The summed E-state index contributed by atoms with van der Waals surface area (Å²) in [5, 5.41) is 0. The van der Waals surface area contributed by atoms with Crippen LogP contribution in [0.25, 0.3) is 0 Å². The van der Waals surface area contributed by atoms with Crippen molar-refractivity contribution in [1.29, 1.82) is 0 Å². The molecular formula is C24H21NO5S. The third kappa shape index (κ3) is 5.07. The molecule has 31 heavy (non-hydrogen) atoms. The van der Waals surface area contributed by atoms with Crippen molar-refractivity contribution in [3.63, 3.8) is 0 Å². The number of hydrogen-bond acceptors (Lipinski definition) is 5. The Morgan fingerprint density at radius 3 is 2.23 bits per heavy atom. The smallest absolute Gasteiger partial charge is 0.343 e.